The molecule has 0 fully saturated rings. The third-order valence-corrected chi connectivity index (χ3v) is 10.9. The summed E-state index contributed by atoms with van der Waals surface area (Å²) < 4.78 is 118. The number of nitrogens with one attached hydrogen (secondary N) is 2. The van der Waals surface area contributed by atoms with E-state index in [1.165, 1.54) is 12.1 Å². The molecule has 3 rings (SSSR count). The Labute approximate surface area is 356 Å². The van der Waals surface area contributed by atoms with Crippen molar-refractivity contribution in [2.24, 2.45) is 10.2 Å². The zero-order chi connectivity index (χ0) is 45.3. The van der Waals surface area contributed by atoms with Crippen LogP contribution in [-0.4, -0.2) is 112 Å². The second-order valence-electron chi connectivity index (χ2n) is 15.1. The van der Waals surface area contributed by atoms with Gasteiger partial charge in [-0.25, -0.2) is 0 Å². The van der Waals surface area contributed by atoms with Gasteiger partial charge in [-0.05, 0) is 108 Å². The summed E-state index contributed by atoms with van der Waals surface area (Å²) in [6, 6.07) is 18.6. The summed E-state index contributed by atoms with van der Waals surface area (Å²) in [6.07, 6.45) is 0.305. The average Bonchev–Trinajstić information content (AvgIpc) is 3.15. The molecule has 0 aromatic heterocycles. The molecule has 0 saturated carbocycles. The molecule has 61 heavy (non-hydrogen) atoms. The summed E-state index contributed by atoms with van der Waals surface area (Å²) in [5.41, 5.74) is 0.381. The van der Waals surface area contributed by atoms with Crippen LogP contribution in [-0.2, 0) is 35.1 Å². The molecule has 0 spiro atoms. The number of rotatable bonds is 27. The van der Waals surface area contributed by atoms with E-state index in [4.69, 9.17) is 32.6 Å². The molecule has 338 valence electrons. The Morgan fingerprint density at radius 2 is 1.08 bits per heavy atom. The molecular formula is C39H54N4O15S3. The molecule has 0 aliphatic rings. The molecular weight excluding hydrogens is 861 g/mol. The summed E-state index contributed by atoms with van der Waals surface area (Å²) >= 11 is 0. The maximum atomic E-state index is 13.4. The number of amides is 2. The number of carbonyl (C=O) groups excluding carboxylic acids is 2. The second-order valence-corrected chi connectivity index (χ2v) is 19.8. The first kappa shape index (κ1) is 50.6. The Bertz CT molecular complexity index is 2210. The van der Waals surface area contributed by atoms with Gasteiger partial charge in [0.15, 0.2) is 11.5 Å². The molecule has 0 aliphatic carbocycles. The summed E-state index contributed by atoms with van der Waals surface area (Å²) in [4.78, 5) is 26.5. The Balaban J connectivity index is 1.62. The first-order valence-electron chi connectivity index (χ1n) is 19.1. The lowest BCUT2D eigenvalue weighted by Gasteiger charge is -2.30. The van der Waals surface area contributed by atoms with Crippen LogP contribution < -0.4 is 24.8 Å². The molecule has 19 nitrogen and oxygen atoms in total. The van der Waals surface area contributed by atoms with Gasteiger partial charge in [-0.15, -0.1) is 0 Å². The molecule has 3 aromatic carbocycles. The van der Waals surface area contributed by atoms with Gasteiger partial charge in [-0.2, -0.15) is 35.5 Å². The Kier molecular flexibility index (Phi) is 19.0. The number of carbonyl (C=O) groups is 2. The predicted octanol–water partition coefficient (Wildman–Crippen LogP) is 5.59. The van der Waals surface area contributed by atoms with Crippen molar-refractivity contribution in [3.63, 3.8) is 0 Å². The van der Waals surface area contributed by atoms with Gasteiger partial charge in [0.25, 0.3) is 42.2 Å². The summed E-state index contributed by atoms with van der Waals surface area (Å²) in [7, 11) is -13.0. The minimum absolute atomic E-state index is 0.0118. The monoisotopic (exact) mass is 914 g/mol. The molecule has 22 heteroatoms. The van der Waals surface area contributed by atoms with Gasteiger partial charge in [0, 0.05) is 29.8 Å². The zero-order valence-corrected chi connectivity index (χ0v) is 36.9. The lowest BCUT2D eigenvalue weighted by Crippen LogP contribution is -2.44. The SMILES string of the molecule is CC(C)(CCOC(C)(C)CCNC(=O)c1cc(OCCCS(=O)(=O)O)c(OCCCS(=O)(=O)O)c(OCCCS(=O)(=O)O)c1)NC(=O)c1ccc(/N=N/c2ccccc2)cc1. The van der Waals surface area contributed by atoms with Crippen LogP contribution in [0.25, 0.3) is 0 Å². The fourth-order valence-electron chi connectivity index (χ4n) is 5.29. The van der Waals surface area contributed by atoms with Crippen LogP contribution in [0.4, 0.5) is 11.4 Å². The van der Waals surface area contributed by atoms with E-state index in [1.54, 1.807) is 24.3 Å². The molecule has 2 amide bonds. The summed E-state index contributed by atoms with van der Waals surface area (Å²) in [5, 5.41) is 14.2. The van der Waals surface area contributed by atoms with Crippen molar-refractivity contribution in [1.82, 2.24) is 10.6 Å². The Hall–Kier alpha value is -4.71. The highest BCUT2D eigenvalue weighted by atomic mass is 32.2. The highest BCUT2D eigenvalue weighted by Gasteiger charge is 2.25. The summed E-state index contributed by atoms with van der Waals surface area (Å²) in [5.74, 6) is -3.18. The van der Waals surface area contributed by atoms with Crippen molar-refractivity contribution >= 4 is 53.5 Å². The normalized spacial score (nSPS) is 12.6. The minimum Gasteiger partial charge on any atom is -0.489 e. The first-order chi connectivity index (χ1) is 28.4. The van der Waals surface area contributed by atoms with Crippen molar-refractivity contribution in [2.75, 3.05) is 50.2 Å². The third-order valence-electron chi connectivity index (χ3n) is 8.54. The van der Waals surface area contributed by atoms with Crippen molar-refractivity contribution in [3.8, 4) is 17.2 Å². The third kappa shape index (κ3) is 21.1. The highest BCUT2D eigenvalue weighted by molar-refractivity contribution is 7.86. The van der Waals surface area contributed by atoms with Gasteiger partial charge in [0.05, 0.1) is 54.1 Å². The van der Waals surface area contributed by atoms with E-state index in [0.29, 0.717) is 29.8 Å². The predicted molar refractivity (Wildman–Crippen MR) is 226 cm³/mol. The number of nitrogens with zero attached hydrogens (tertiary/aromatic N) is 2. The van der Waals surface area contributed by atoms with E-state index in [9.17, 15) is 34.8 Å². The van der Waals surface area contributed by atoms with Crippen molar-refractivity contribution in [1.29, 1.82) is 0 Å². The Morgan fingerprint density at radius 1 is 0.607 bits per heavy atom. The van der Waals surface area contributed by atoms with Crippen LogP contribution >= 0.6 is 0 Å². The van der Waals surface area contributed by atoms with Crippen molar-refractivity contribution in [2.45, 2.75) is 70.9 Å². The quantitative estimate of drug-likeness (QED) is 0.0354. The van der Waals surface area contributed by atoms with E-state index in [-0.39, 0.29) is 81.0 Å². The van der Waals surface area contributed by atoms with Gasteiger partial charge in [-0.3, -0.25) is 23.2 Å². The van der Waals surface area contributed by atoms with Gasteiger partial charge >= 0.3 is 0 Å². The number of azo groups is 1. The fraction of sp³-hybridized carbons (Fsp3) is 0.487. The smallest absolute Gasteiger partial charge is 0.264 e. The fourth-order valence-corrected chi connectivity index (χ4v) is 6.74. The largest absolute Gasteiger partial charge is 0.489 e. The van der Waals surface area contributed by atoms with Gasteiger partial charge in [0.1, 0.15) is 0 Å². The van der Waals surface area contributed by atoms with Crippen molar-refractivity contribution in [3.05, 3.63) is 77.9 Å². The van der Waals surface area contributed by atoms with Crippen LogP contribution in [0.2, 0.25) is 0 Å². The topological polar surface area (TPSA) is 283 Å². The van der Waals surface area contributed by atoms with E-state index < -0.39 is 64.7 Å². The minimum atomic E-state index is -4.32. The van der Waals surface area contributed by atoms with Crippen LogP contribution in [0.15, 0.2) is 77.0 Å². The summed E-state index contributed by atoms with van der Waals surface area (Å²) in [6.45, 7) is 6.99. The van der Waals surface area contributed by atoms with Gasteiger partial charge in [0.2, 0.25) is 5.75 Å². The molecule has 3 aromatic rings. The zero-order valence-electron chi connectivity index (χ0n) is 34.4. The van der Waals surface area contributed by atoms with Gasteiger partial charge in [-0.1, -0.05) is 18.2 Å². The molecule has 5 N–H and O–H groups in total. The molecule has 0 atom stereocenters. The van der Waals surface area contributed by atoms with E-state index in [1.807, 2.05) is 58.0 Å². The lowest BCUT2D eigenvalue weighted by atomic mass is 9.99. The van der Waals surface area contributed by atoms with Crippen LogP contribution in [0.5, 0.6) is 17.2 Å². The van der Waals surface area contributed by atoms with Gasteiger partial charge < -0.3 is 29.6 Å². The molecule has 0 saturated heterocycles. The average molecular weight is 915 g/mol. The van der Waals surface area contributed by atoms with Crippen molar-refractivity contribution < 1.29 is 67.4 Å². The van der Waals surface area contributed by atoms with Crippen LogP contribution in [0.3, 0.4) is 0 Å². The molecule has 0 radical (unpaired) electrons. The molecule has 0 unspecified atom stereocenters. The molecule has 0 bridgehead atoms. The maximum absolute atomic E-state index is 13.4. The highest BCUT2D eigenvalue weighted by Crippen LogP contribution is 2.39. The number of hydrogen-bond donors (Lipinski definition) is 5. The van der Waals surface area contributed by atoms with E-state index in [0.717, 1.165) is 0 Å². The standard InChI is InChI=1S/C39H54N4O15S3/c1-38(2,41-37(45)29-13-15-32(16-14-29)43-42-31-11-6-5-7-12-31)18-23-58-39(3,4)17-19-40-36(44)30-27-33(55-20-8-24-59(46,47)48)35(57-22-10-26-61(52,53)54)34(28-30)56-21-9-25-60(49,50)51/h5-7,11-16,27-28H,8-10,17-26H2,1-4H3,(H,40,44)(H,41,45)(H,46,47,48)(H,49,50,51)(H,52,53,54)/b43-42+. The number of hydrogen-bond acceptors (Lipinski definition) is 14. The van der Waals surface area contributed by atoms with E-state index in [2.05, 4.69) is 20.9 Å². The van der Waals surface area contributed by atoms with E-state index >= 15 is 0 Å². The number of benzene rings is 3. The van der Waals surface area contributed by atoms with Crippen LogP contribution in [0, 0.1) is 0 Å². The van der Waals surface area contributed by atoms with Crippen LogP contribution in [0.1, 0.15) is 80.5 Å². The second kappa shape index (κ2) is 22.9. The number of ether oxygens (including phenoxy) is 4. The Morgan fingerprint density at radius 3 is 1.57 bits per heavy atom. The lowest BCUT2D eigenvalue weighted by molar-refractivity contribution is -0.0296. The maximum Gasteiger partial charge on any atom is 0.264 e. The molecule has 0 heterocycles. The molecule has 0 aliphatic heterocycles. The first-order valence-corrected chi connectivity index (χ1v) is 24.0.